The highest BCUT2D eigenvalue weighted by atomic mass is 16.2. The Hall–Kier alpha value is -2.83. The number of aromatic nitrogens is 2. The van der Waals surface area contributed by atoms with Gasteiger partial charge in [0.1, 0.15) is 18.0 Å². The van der Waals surface area contributed by atoms with E-state index in [-0.39, 0.29) is 40.9 Å². The van der Waals surface area contributed by atoms with E-state index in [9.17, 15) is 19.2 Å². The molecular weight excluding hydrogens is 478 g/mol. The molecule has 1 aromatic carbocycles. The van der Waals surface area contributed by atoms with Gasteiger partial charge in [-0.15, -0.1) is 0 Å². The number of aryl methyl sites for hydroxylation is 2. The van der Waals surface area contributed by atoms with Gasteiger partial charge in [0, 0.05) is 37.6 Å². The Labute approximate surface area is 225 Å². The number of hydrogen-bond acceptors (Lipinski definition) is 5. The van der Waals surface area contributed by atoms with E-state index in [0.717, 1.165) is 60.6 Å². The Morgan fingerprint density at radius 2 is 1.84 bits per heavy atom. The molecule has 1 saturated carbocycles. The van der Waals surface area contributed by atoms with Crippen LogP contribution < -0.4 is 0 Å². The van der Waals surface area contributed by atoms with Crippen LogP contribution in [0.5, 0.6) is 0 Å². The number of Topliss-reactive ketones (excluding diaryl/α,β-unsaturated/α-hetero) is 3. The van der Waals surface area contributed by atoms with Crippen molar-refractivity contribution >= 4 is 34.2 Å². The molecule has 7 nitrogen and oxygen atoms in total. The number of rotatable bonds is 3. The summed E-state index contributed by atoms with van der Waals surface area (Å²) in [5, 5.41) is 5.46. The van der Waals surface area contributed by atoms with E-state index in [1.54, 1.807) is 4.68 Å². The predicted octanol–water partition coefficient (Wildman–Crippen LogP) is 5.38. The number of carbonyl (C=O) groups is 4. The highest BCUT2D eigenvalue weighted by molar-refractivity contribution is 6.06. The molecular formula is C31H41N3O4. The summed E-state index contributed by atoms with van der Waals surface area (Å²) in [4.78, 5) is 54.2. The van der Waals surface area contributed by atoms with Crippen LogP contribution in [-0.4, -0.2) is 50.0 Å². The molecule has 7 heteroatoms. The molecule has 0 N–H and O–H groups in total. The van der Waals surface area contributed by atoms with Crippen LogP contribution in [0.2, 0.25) is 0 Å². The quantitative estimate of drug-likeness (QED) is 0.508. The molecule has 204 valence electrons. The van der Waals surface area contributed by atoms with Crippen molar-refractivity contribution in [2.75, 3.05) is 0 Å². The normalized spacial score (nSPS) is 27.8. The lowest BCUT2D eigenvalue weighted by Gasteiger charge is -2.26. The number of hydrogen-bond donors (Lipinski definition) is 0. The molecule has 3 aliphatic rings. The third-order valence-corrected chi connectivity index (χ3v) is 9.24. The fraction of sp³-hybridized carbons (Fsp3) is 0.645. The van der Waals surface area contributed by atoms with E-state index in [2.05, 4.69) is 25.0 Å². The van der Waals surface area contributed by atoms with E-state index >= 15 is 0 Å². The van der Waals surface area contributed by atoms with Crippen molar-refractivity contribution in [1.29, 1.82) is 0 Å². The summed E-state index contributed by atoms with van der Waals surface area (Å²) in [6, 6.07) is 3.70. The molecule has 1 saturated heterocycles. The third-order valence-electron chi connectivity index (χ3n) is 9.24. The molecule has 5 rings (SSSR count). The minimum Gasteiger partial charge on any atom is -0.327 e. The molecule has 0 unspecified atom stereocenters. The maximum atomic E-state index is 13.9. The topological polar surface area (TPSA) is 89.3 Å². The van der Waals surface area contributed by atoms with Crippen molar-refractivity contribution in [3.63, 3.8) is 0 Å². The number of ketones is 3. The van der Waals surface area contributed by atoms with Gasteiger partial charge in [-0.3, -0.25) is 23.9 Å². The minimum absolute atomic E-state index is 0.00260. The van der Waals surface area contributed by atoms with Gasteiger partial charge in [-0.05, 0) is 67.9 Å². The summed E-state index contributed by atoms with van der Waals surface area (Å²) in [5.74, 6) is 0.134. The standard InChI is InChI=1S/C31H41N3O4/c1-6-25(37)24-16-31-12-10-22(36)15-30(4,5)11-8-7-9-21-13-19(2)14-23-28(20(3)35)32-33(29(21)23)18-27(38)34(24)26(31)17-31/h13-14,24,26H,6-12,15-18H2,1-5H3/t24-,26+,31-/m0/s1. The number of amides is 1. The van der Waals surface area contributed by atoms with Crippen molar-refractivity contribution in [1.82, 2.24) is 14.7 Å². The monoisotopic (exact) mass is 519 g/mol. The van der Waals surface area contributed by atoms with Gasteiger partial charge in [0.15, 0.2) is 11.6 Å². The average Bonchev–Trinajstić information content (AvgIpc) is 3.26. The lowest BCUT2D eigenvalue weighted by atomic mass is 9.80. The smallest absolute Gasteiger partial charge is 0.245 e. The number of piperidine rings is 1. The van der Waals surface area contributed by atoms with Crippen LogP contribution in [-0.2, 0) is 27.3 Å². The SMILES string of the molecule is CCC(=O)[C@@H]1C[C@]23CCC(=O)CC(C)(C)CCCCc4cc(C)cc5c(C(C)=O)nn(c45)CC(=O)N1[C@@H]2C3. The first kappa shape index (κ1) is 26.8. The second kappa shape index (κ2) is 9.73. The van der Waals surface area contributed by atoms with Crippen LogP contribution >= 0.6 is 0 Å². The summed E-state index contributed by atoms with van der Waals surface area (Å²) >= 11 is 0. The van der Waals surface area contributed by atoms with Gasteiger partial charge in [-0.1, -0.05) is 38.8 Å². The molecule has 1 aromatic heterocycles. The van der Waals surface area contributed by atoms with E-state index in [1.165, 1.54) is 6.92 Å². The van der Waals surface area contributed by atoms with Gasteiger partial charge in [0.25, 0.3) is 0 Å². The largest absolute Gasteiger partial charge is 0.327 e. The van der Waals surface area contributed by atoms with Crippen molar-refractivity contribution in [3.05, 3.63) is 29.0 Å². The molecule has 2 aliphatic heterocycles. The Balaban J connectivity index is 1.57. The summed E-state index contributed by atoms with van der Waals surface area (Å²) in [7, 11) is 0. The van der Waals surface area contributed by atoms with Crippen LogP contribution in [0.15, 0.2) is 12.1 Å². The number of nitrogens with zero attached hydrogens (tertiary/aromatic N) is 3. The summed E-state index contributed by atoms with van der Waals surface area (Å²) in [6.45, 7) is 9.76. The zero-order valence-electron chi connectivity index (χ0n) is 23.6. The lowest BCUT2D eigenvalue weighted by Crippen LogP contribution is -2.44. The molecule has 1 aliphatic carbocycles. The second-order valence-electron chi connectivity index (χ2n) is 12.9. The molecule has 3 atom stereocenters. The highest BCUT2D eigenvalue weighted by Crippen LogP contribution is 2.62. The van der Waals surface area contributed by atoms with Gasteiger partial charge in [0.05, 0.1) is 11.6 Å². The maximum Gasteiger partial charge on any atom is 0.245 e. The Morgan fingerprint density at radius 1 is 1.08 bits per heavy atom. The Morgan fingerprint density at radius 3 is 2.55 bits per heavy atom. The van der Waals surface area contributed by atoms with E-state index in [0.29, 0.717) is 37.2 Å². The van der Waals surface area contributed by atoms with E-state index in [4.69, 9.17) is 0 Å². The maximum absolute atomic E-state index is 13.9. The van der Waals surface area contributed by atoms with Gasteiger partial charge >= 0.3 is 0 Å². The second-order valence-corrected chi connectivity index (χ2v) is 12.9. The first-order valence-electron chi connectivity index (χ1n) is 14.3. The van der Waals surface area contributed by atoms with Crippen molar-refractivity contribution in [3.8, 4) is 0 Å². The average molecular weight is 520 g/mol. The molecule has 2 bridgehead atoms. The molecule has 0 radical (unpaired) electrons. The first-order valence-corrected chi connectivity index (χ1v) is 14.3. The fourth-order valence-electron chi connectivity index (χ4n) is 7.22. The van der Waals surface area contributed by atoms with Gasteiger partial charge < -0.3 is 4.90 Å². The van der Waals surface area contributed by atoms with Crippen LogP contribution in [0.25, 0.3) is 10.9 Å². The van der Waals surface area contributed by atoms with Crippen LogP contribution in [0.4, 0.5) is 0 Å². The van der Waals surface area contributed by atoms with Crippen molar-refractivity contribution in [2.24, 2.45) is 10.8 Å². The van der Waals surface area contributed by atoms with E-state index in [1.807, 2.05) is 24.8 Å². The Kier molecular flexibility index (Phi) is 6.85. The third kappa shape index (κ3) is 4.85. The number of benzene rings is 1. The molecule has 2 aromatic rings. The molecule has 3 heterocycles. The highest BCUT2D eigenvalue weighted by Gasteiger charge is 2.66. The van der Waals surface area contributed by atoms with Crippen LogP contribution in [0.3, 0.4) is 0 Å². The zero-order valence-corrected chi connectivity index (χ0v) is 23.6. The summed E-state index contributed by atoms with van der Waals surface area (Å²) < 4.78 is 1.71. The Bertz CT molecular complexity index is 1320. The summed E-state index contributed by atoms with van der Waals surface area (Å²) in [6.07, 6.45) is 7.45. The lowest BCUT2D eigenvalue weighted by molar-refractivity contribution is -0.139. The van der Waals surface area contributed by atoms with Gasteiger partial charge in [-0.2, -0.15) is 5.10 Å². The van der Waals surface area contributed by atoms with Crippen LogP contribution in [0.1, 0.15) is 107 Å². The van der Waals surface area contributed by atoms with Crippen molar-refractivity contribution in [2.45, 2.75) is 117 Å². The molecule has 2 fully saturated rings. The minimum atomic E-state index is -0.438. The molecule has 1 amide bonds. The number of carbonyl (C=O) groups excluding carboxylic acids is 4. The molecule has 0 spiro atoms. The zero-order chi connectivity index (χ0) is 27.4. The van der Waals surface area contributed by atoms with Gasteiger partial charge in [0.2, 0.25) is 5.91 Å². The predicted molar refractivity (Wildman–Crippen MR) is 146 cm³/mol. The first-order chi connectivity index (χ1) is 17.9. The fourth-order valence-corrected chi connectivity index (χ4v) is 7.22. The molecule has 38 heavy (non-hydrogen) atoms. The van der Waals surface area contributed by atoms with E-state index < -0.39 is 6.04 Å². The van der Waals surface area contributed by atoms with Crippen molar-refractivity contribution < 1.29 is 19.2 Å². The van der Waals surface area contributed by atoms with Crippen LogP contribution in [0, 0.1) is 17.8 Å². The van der Waals surface area contributed by atoms with Gasteiger partial charge in [-0.25, -0.2) is 0 Å². The summed E-state index contributed by atoms with van der Waals surface area (Å²) in [5.41, 5.74) is 3.22.